The third-order valence-corrected chi connectivity index (χ3v) is 4.65. The van der Waals surface area contributed by atoms with E-state index in [1.165, 1.54) is 17.8 Å². The minimum atomic E-state index is -1.43. The first-order valence-corrected chi connectivity index (χ1v) is 7.99. The lowest BCUT2D eigenvalue weighted by Gasteiger charge is -2.17. The summed E-state index contributed by atoms with van der Waals surface area (Å²) in [4.78, 5) is 1.02. The van der Waals surface area contributed by atoms with Crippen molar-refractivity contribution in [1.82, 2.24) is 5.32 Å². The molecule has 0 heterocycles. The molecule has 0 saturated heterocycles. The fourth-order valence-electron chi connectivity index (χ4n) is 1.85. The Hall–Kier alpha value is -0.980. The lowest BCUT2D eigenvalue weighted by molar-refractivity contribution is 0.433. The van der Waals surface area contributed by atoms with Gasteiger partial charge in [0.25, 0.3) is 0 Å². The van der Waals surface area contributed by atoms with Gasteiger partial charge in [-0.15, -0.1) is 11.8 Å². The van der Waals surface area contributed by atoms with Gasteiger partial charge >= 0.3 is 0 Å². The lowest BCUT2D eigenvalue weighted by Crippen LogP contribution is -2.20. The van der Waals surface area contributed by atoms with Crippen LogP contribution in [0.25, 0.3) is 0 Å². The number of nitrogens with one attached hydrogen (secondary N) is 1. The molecule has 0 aliphatic carbocycles. The summed E-state index contributed by atoms with van der Waals surface area (Å²) >= 11 is 4.86. The predicted octanol–water partition coefficient (Wildman–Crippen LogP) is 4.92. The highest BCUT2D eigenvalue weighted by Gasteiger charge is 2.19. The van der Waals surface area contributed by atoms with Crippen LogP contribution in [0.3, 0.4) is 0 Å². The van der Waals surface area contributed by atoms with Crippen molar-refractivity contribution in [2.24, 2.45) is 0 Å². The molecular formula is C15H13BrF3NS. The van der Waals surface area contributed by atoms with E-state index in [4.69, 9.17) is 0 Å². The molecule has 1 atom stereocenters. The zero-order valence-corrected chi connectivity index (χ0v) is 13.6. The van der Waals surface area contributed by atoms with E-state index in [1.54, 1.807) is 7.05 Å². The van der Waals surface area contributed by atoms with Gasteiger partial charge in [0.05, 0.1) is 0 Å². The van der Waals surface area contributed by atoms with Crippen LogP contribution < -0.4 is 5.32 Å². The number of rotatable bonds is 5. The first-order valence-electron chi connectivity index (χ1n) is 6.22. The summed E-state index contributed by atoms with van der Waals surface area (Å²) < 4.78 is 41.1. The molecule has 112 valence electrons. The van der Waals surface area contributed by atoms with Crippen LogP contribution in [-0.2, 0) is 0 Å². The van der Waals surface area contributed by atoms with Crippen LogP contribution in [0.2, 0.25) is 0 Å². The van der Waals surface area contributed by atoms with Gasteiger partial charge in [-0.2, -0.15) is 0 Å². The third kappa shape index (κ3) is 4.02. The molecule has 21 heavy (non-hydrogen) atoms. The summed E-state index contributed by atoms with van der Waals surface area (Å²) in [6.45, 7) is 0. The third-order valence-electron chi connectivity index (χ3n) is 3.02. The van der Waals surface area contributed by atoms with Crippen molar-refractivity contribution in [1.29, 1.82) is 0 Å². The molecule has 1 N–H and O–H groups in total. The number of hydrogen-bond acceptors (Lipinski definition) is 2. The number of thioether (sulfide) groups is 1. The van der Waals surface area contributed by atoms with Crippen LogP contribution >= 0.6 is 27.7 Å². The Kier molecular flexibility index (Phi) is 5.72. The molecule has 0 aliphatic rings. The van der Waals surface area contributed by atoms with Gasteiger partial charge in [0.2, 0.25) is 0 Å². The summed E-state index contributed by atoms with van der Waals surface area (Å²) in [7, 11) is 1.66. The molecule has 6 heteroatoms. The number of benzene rings is 2. The molecule has 1 nitrogen and oxygen atoms in total. The summed E-state index contributed by atoms with van der Waals surface area (Å²) in [5.41, 5.74) is 0.126. The molecule has 0 fully saturated rings. The van der Waals surface area contributed by atoms with Crippen LogP contribution in [0, 0.1) is 17.5 Å². The Morgan fingerprint density at radius 3 is 2.33 bits per heavy atom. The van der Waals surface area contributed by atoms with E-state index >= 15 is 0 Å². The minimum Gasteiger partial charge on any atom is -0.312 e. The normalized spacial score (nSPS) is 12.4. The number of hydrogen-bond donors (Lipinski definition) is 1. The molecule has 2 aromatic rings. The van der Waals surface area contributed by atoms with Crippen molar-refractivity contribution in [3.63, 3.8) is 0 Å². The van der Waals surface area contributed by atoms with Crippen molar-refractivity contribution in [3.8, 4) is 0 Å². The Bertz CT molecular complexity index is 619. The summed E-state index contributed by atoms with van der Waals surface area (Å²) in [5.74, 6) is -3.24. The molecule has 0 radical (unpaired) electrons. The van der Waals surface area contributed by atoms with E-state index in [9.17, 15) is 13.2 Å². The molecule has 2 rings (SSSR count). The van der Waals surface area contributed by atoms with Crippen molar-refractivity contribution in [2.45, 2.75) is 10.9 Å². The van der Waals surface area contributed by atoms with E-state index in [0.29, 0.717) is 5.75 Å². The zero-order valence-electron chi connectivity index (χ0n) is 11.2. The van der Waals surface area contributed by atoms with Crippen LogP contribution in [0.5, 0.6) is 0 Å². The van der Waals surface area contributed by atoms with E-state index in [-0.39, 0.29) is 5.56 Å². The average molecular weight is 376 g/mol. The maximum absolute atomic E-state index is 13.8. The average Bonchev–Trinajstić information content (AvgIpc) is 2.49. The van der Waals surface area contributed by atoms with E-state index in [2.05, 4.69) is 21.2 Å². The van der Waals surface area contributed by atoms with Gasteiger partial charge in [-0.3, -0.25) is 0 Å². The van der Waals surface area contributed by atoms with Gasteiger partial charge in [-0.1, -0.05) is 22.0 Å². The highest BCUT2D eigenvalue weighted by Crippen LogP contribution is 2.28. The molecule has 0 saturated carbocycles. The Labute approximate surface area is 134 Å². The molecule has 1 unspecified atom stereocenters. The monoisotopic (exact) mass is 375 g/mol. The lowest BCUT2D eigenvalue weighted by atomic mass is 10.1. The quantitative estimate of drug-likeness (QED) is 0.587. The predicted molar refractivity (Wildman–Crippen MR) is 83.0 cm³/mol. The second-order valence-corrected chi connectivity index (χ2v) is 6.38. The standard InChI is InChI=1S/C15H13BrF3NS/c1-20-13(8-21-10-4-2-9(16)3-5-10)11-6-7-12(17)15(19)14(11)18/h2-7,13,20H,8H2,1H3. The highest BCUT2D eigenvalue weighted by molar-refractivity contribution is 9.10. The summed E-state index contributed by atoms with van der Waals surface area (Å²) in [6.07, 6.45) is 0. The van der Waals surface area contributed by atoms with Crippen molar-refractivity contribution in [2.75, 3.05) is 12.8 Å². The van der Waals surface area contributed by atoms with Gasteiger partial charge in [0, 0.05) is 26.7 Å². The molecule has 2 aromatic carbocycles. The largest absolute Gasteiger partial charge is 0.312 e. The van der Waals surface area contributed by atoms with Crippen LogP contribution in [0.15, 0.2) is 45.8 Å². The van der Waals surface area contributed by atoms with Crippen molar-refractivity contribution >= 4 is 27.7 Å². The maximum atomic E-state index is 13.8. The Morgan fingerprint density at radius 2 is 1.71 bits per heavy atom. The zero-order chi connectivity index (χ0) is 15.4. The van der Waals surface area contributed by atoms with Gasteiger partial charge in [0.15, 0.2) is 17.5 Å². The second kappa shape index (κ2) is 7.33. The molecule has 0 spiro atoms. The topological polar surface area (TPSA) is 12.0 Å². The van der Waals surface area contributed by atoms with Gasteiger partial charge in [-0.25, -0.2) is 13.2 Å². The first-order chi connectivity index (χ1) is 10.0. The van der Waals surface area contributed by atoms with Crippen molar-refractivity contribution < 1.29 is 13.2 Å². The first kappa shape index (κ1) is 16.4. The van der Waals surface area contributed by atoms with Gasteiger partial charge < -0.3 is 5.32 Å². The number of halogens is 4. The molecular weight excluding hydrogens is 363 g/mol. The van der Waals surface area contributed by atoms with Crippen LogP contribution in [0.1, 0.15) is 11.6 Å². The van der Waals surface area contributed by atoms with Crippen LogP contribution in [-0.4, -0.2) is 12.8 Å². The van der Waals surface area contributed by atoms with Crippen molar-refractivity contribution in [3.05, 3.63) is 63.9 Å². The summed E-state index contributed by atoms with van der Waals surface area (Å²) in [6, 6.07) is 9.50. The SMILES string of the molecule is CNC(CSc1ccc(Br)cc1)c1ccc(F)c(F)c1F. The fourth-order valence-corrected chi connectivity index (χ4v) is 3.15. The second-order valence-electron chi connectivity index (χ2n) is 4.37. The molecule has 0 aromatic heterocycles. The maximum Gasteiger partial charge on any atom is 0.194 e. The Morgan fingerprint density at radius 1 is 1.05 bits per heavy atom. The van der Waals surface area contributed by atoms with E-state index in [0.717, 1.165) is 15.4 Å². The molecule has 0 aliphatic heterocycles. The smallest absolute Gasteiger partial charge is 0.194 e. The van der Waals surface area contributed by atoms with E-state index < -0.39 is 23.5 Å². The fraction of sp³-hybridized carbons (Fsp3) is 0.200. The Balaban J connectivity index is 2.13. The van der Waals surface area contributed by atoms with Gasteiger partial charge in [0.1, 0.15) is 0 Å². The minimum absolute atomic E-state index is 0.126. The summed E-state index contributed by atoms with van der Waals surface area (Å²) in [5, 5.41) is 2.93. The van der Waals surface area contributed by atoms with Crippen LogP contribution in [0.4, 0.5) is 13.2 Å². The highest BCUT2D eigenvalue weighted by atomic mass is 79.9. The molecule has 0 bridgehead atoms. The van der Waals surface area contributed by atoms with Gasteiger partial charge in [-0.05, 0) is 37.4 Å². The van der Waals surface area contributed by atoms with E-state index in [1.807, 2.05) is 24.3 Å². The molecule has 0 amide bonds.